The summed E-state index contributed by atoms with van der Waals surface area (Å²) in [6, 6.07) is 9.38. The van der Waals surface area contributed by atoms with E-state index in [1.54, 1.807) is 51.1 Å². The van der Waals surface area contributed by atoms with Crippen LogP contribution >= 0.6 is 0 Å². The highest BCUT2D eigenvalue weighted by Gasteiger charge is 2.44. The number of para-hydroxylation sites is 1. The molecule has 0 unspecified atom stereocenters. The number of nitrogens with one attached hydrogen (secondary N) is 2. The zero-order valence-electron chi connectivity index (χ0n) is 19.9. The van der Waals surface area contributed by atoms with Crippen molar-refractivity contribution in [3.63, 3.8) is 0 Å². The summed E-state index contributed by atoms with van der Waals surface area (Å²) in [5.41, 5.74) is 2.73. The van der Waals surface area contributed by atoms with E-state index in [9.17, 15) is 22.8 Å². The molecule has 0 aliphatic heterocycles. The number of anilines is 1. The van der Waals surface area contributed by atoms with Gasteiger partial charge >= 0.3 is 11.9 Å². The highest BCUT2D eigenvalue weighted by molar-refractivity contribution is 7.89. The van der Waals surface area contributed by atoms with Gasteiger partial charge in [-0.15, -0.1) is 0 Å². The monoisotopic (exact) mass is 490 g/mol. The first-order valence-corrected chi connectivity index (χ1v) is 12.3. The van der Waals surface area contributed by atoms with Crippen LogP contribution in [0.15, 0.2) is 47.4 Å². The number of aryl methyl sites for hydroxylation is 3. The molecule has 0 aromatic heterocycles. The van der Waals surface area contributed by atoms with Gasteiger partial charge in [0.15, 0.2) is 5.92 Å². The summed E-state index contributed by atoms with van der Waals surface area (Å²) in [6.45, 7) is 8.23. The summed E-state index contributed by atoms with van der Waals surface area (Å²) in [5.74, 6) is -4.87. The molecule has 2 N–H and O–H groups in total. The van der Waals surface area contributed by atoms with Crippen molar-refractivity contribution >= 4 is 33.6 Å². The van der Waals surface area contributed by atoms with Crippen LogP contribution < -0.4 is 10.0 Å². The number of hydrogen-bond donors (Lipinski definition) is 2. The zero-order chi connectivity index (χ0) is 25.5. The maximum absolute atomic E-state index is 13.3. The second kappa shape index (κ2) is 11.8. The van der Waals surface area contributed by atoms with Crippen molar-refractivity contribution in [2.75, 3.05) is 18.5 Å². The Hall–Kier alpha value is -3.24. The van der Waals surface area contributed by atoms with Crippen LogP contribution in [-0.4, -0.2) is 45.5 Å². The number of amides is 1. The molecule has 184 valence electrons. The Morgan fingerprint density at radius 2 is 1.38 bits per heavy atom. The summed E-state index contributed by atoms with van der Waals surface area (Å²) in [7, 11) is -4.29. The number of sulfonamides is 1. The summed E-state index contributed by atoms with van der Waals surface area (Å²) in [5, 5.41) is 2.65. The van der Waals surface area contributed by atoms with E-state index < -0.39 is 39.8 Å². The molecule has 34 heavy (non-hydrogen) atoms. The fourth-order valence-corrected chi connectivity index (χ4v) is 4.47. The van der Waals surface area contributed by atoms with Crippen LogP contribution in [-0.2, 0) is 33.9 Å². The number of hydrogen-bond acceptors (Lipinski definition) is 7. The minimum absolute atomic E-state index is 0.0771. The molecule has 0 spiro atoms. The Morgan fingerprint density at radius 3 is 1.91 bits per heavy atom. The van der Waals surface area contributed by atoms with E-state index in [4.69, 9.17) is 9.47 Å². The van der Waals surface area contributed by atoms with Crippen LogP contribution in [0.3, 0.4) is 0 Å². The van der Waals surface area contributed by atoms with Gasteiger partial charge in [-0.1, -0.05) is 35.9 Å². The van der Waals surface area contributed by atoms with Crippen molar-refractivity contribution in [1.29, 1.82) is 0 Å². The Balaban J connectivity index is 2.51. The fraction of sp³-hybridized carbons (Fsp3) is 0.375. The minimum atomic E-state index is -4.29. The maximum Gasteiger partial charge on any atom is 0.325 e. The molecule has 10 heteroatoms. The number of esters is 2. The molecule has 0 aliphatic carbocycles. The van der Waals surface area contributed by atoms with Gasteiger partial charge in [-0.2, -0.15) is 4.72 Å². The van der Waals surface area contributed by atoms with E-state index in [-0.39, 0.29) is 18.1 Å². The predicted molar refractivity (Wildman–Crippen MR) is 127 cm³/mol. The molecule has 9 nitrogen and oxygen atoms in total. The molecule has 2 rings (SSSR count). The Bertz CT molecular complexity index is 1120. The second-order valence-corrected chi connectivity index (χ2v) is 9.36. The van der Waals surface area contributed by atoms with Crippen LogP contribution in [0.5, 0.6) is 0 Å². The summed E-state index contributed by atoms with van der Waals surface area (Å²) in [6.07, 6.45) is 0. The molecule has 0 saturated heterocycles. The number of carbonyl (C=O) groups excluding carboxylic acids is 3. The fourth-order valence-electron chi connectivity index (χ4n) is 3.28. The van der Waals surface area contributed by atoms with Crippen LogP contribution in [0.1, 0.15) is 30.5 Å². The summed E-state index contributed by atoms with van der Waals surface area (Å²) >= 11 is 0. The number of carbonyl (C=O) groups is 3. The molecule has 2 atom stereocenters. The topological polar surface area (TPSA) is 128 Å². The van der Waals surface area contributed by atoms with Crippen LogP contribution in [0.4, 0.5) is 5.69 Å². The van der Waals surface area contributed by atoms with E-state index in [2.05, 4.69) is 10.0 Å². The third-order valence-electron chi connectivity index (χ3n) is 5.04. The second-order valence-electron chi connectivity index (χ2n) is 7.65. The van der Waals surface area contributed by atoms with Gasteiger partial charge in [0, 0.05) is 5.69 Å². The lowest BCUT2D eigenvalue weighted by atomic mass is 9.98. The molecular formula is C24H30N2O7S. The number of benzene rings is 2. The van der Waals surface area contributed by atoms with E-state index in [0.29, 0.717) is 5.69 Å². The predicted octanol–water partition coefficient (Wildman–Crippen LogP) is 2.64. The van der Waals surface area contributed by atoms with Crippen LogP contribution in [0.25, 0.3) is 0 Å². The van der Waals surface area contributed by atoms with Crippen LogP contribution in [0, 0.1) is 26.7 Å². The van der Waals surface area contributed by atoms with E-state index in [0.717, 1.165) is 16.7 Å². The Labute approximate surface area is 199 Å². The Morgan fingerprint density at radius 1 is 0.853 bits per heavy atom. The van der Waals surface area contributed by atoms with Gasteiger partial charge in [0.25, 0.3) is 0 Å². The largest absolute Gasteiger partial charge is 0.465 e. The van der Waals surface area contributed by atoms with E-state index in [1.165, 1.54) is 26.0 Å². The summed E-state index contributed by atoms with van der Waals surface area (Å²) in [4.78, 5) is 38.8. The van der Waals surface area contributed by atoms with Gasteiger partial charge in [0.05, 0.1) is 18.1 Å². The average molecular weight is 491 g/mol. The number of ether oxygens (including phenoxy) is 2. The number of rotatable bonds is 10. The Kier molecular flexibility index (Phi) is 9.34. The SMILES string of the molecule is CCOC(=O)[C@@H](C(=O)Nc1c(C)cccc1C)[C@@H](NS(=O)(=O)c1ccc(C)cc1)C(=O)OCC. The minimum Gasteiger partial charge on any atom is -0.465 e. The van der Waals surface area contributed by atoms with Gasteiger partial charge in [-0.3, -0.25) is 14.4 Å². The lowest BCUT2D eigenvalue weighted by Crippen LogP contribution is -2.53. The van der Waals surface area contributed by atoms with E-state index >= 15 is 0 Å². The lowest BCUT2D eigenvalue weighted by Gasteiger charge is -2.25. The van der Waals surface area contributed by atoms with E-state index in [1.807, 2.05) is 0 Å². The third-order valence-corrected chi connectivity index (χ3v) is 6.50. The molecular weight excluding hydrogens is 460 g/mol. The summed E-state index contributed by atoms with van der Waals surface area (Å²) < 4.78 is 38.3. The highest BCUT2D eigenvalue weighted by Crippen LogP contribution is 2.22. The average Bonchev–Trinajstić information content (AvgIpc) is 2.76. The molecule has 0 heterocycles. The van der Waals surface area contributed by atoms with Crippen LogP contribution in [0.2, 0.25) is 0 Å². The standard InChI is InChI=1S/C24H30N2O7S/c1-6-32-23(28)19(22(27)25-20-16(4)9-8-10-17(20)5)21(24(29)33-7-2)26-34(30,31)18-13-11-15(3)12-14-18/h8-14,19,21,26H,6-7H2,1-5H3,(H,25,27)/t19-,21-/m1/s1. The van der Waals surface area contributed by atoms with Gasteiger partial charge in [-0.25, -0.2) is 8.42 Å². The van der Waals surface area contributed by atoms with Gasteiger partial charge in [-0.05, 0) is 57.9 Å². The van der Waals surface area contributed by atoms with Crippen molar-refractivity contribution in [2.24, 2.45) is 5.92 Å². The molecule has 2 aromatic rings. The maximum atomic E-state index is 13.3. The van der Waals surface area contributed by atoms with Gasteiger partial charge in [0.2, 0.25) is 15.9 Å². The normalized spacial score (nSPS) is 13.0. The van der Waals surface area contributed by atoms with Crippen molar-refractivity contribution in [1.82, 2.24) is 4.72 Å². The molecule has 0 saturated carbocycles. The molecule has 0 radical (unpaired) electrons. The lowest BCUT2D eigenvalue weighted by molar-refractivity contribution is -0.159. The van der Waals surface area contributed by atoms with Crippen molar-refractivity contribution in [3.8, 4) is 0 Å². The smallest absolute Gasteiger partial charge is 0.325 e. The first-order chi connectivity index (χ1) is 16.0. The van der Waals surface area contributed by atoms with Crippen molar-refractivity contribution < 1.29 is 32.3 Å². The molecule has 2 aromatic carbocycles. The third kappa shape index (κ3) is 6.64. The van der Waals surface area contributed by atoms with Gasteiger partial charge in [0.1, 0.15) is 6.04 Å². The molecule has 1 amide bonds. The highest BCUT2D eigenvalue weighted by atomic mass is 32.2. The first kappa shape index (κ1) is 27.0. The molecule has 0 aliphatic rings. The first-order valence-electron chi connectivity index (χ1n) is 10.8. The quantitative estimate of drug-likeness (QED) is 0.387. The van der Waals surface area contributed by atoms with Gasteiger partial charge < -0.3 is 14.8 Å². The molecule has 0 bridgehead atoms. The van der Waals surface area contributed by atoms with Crippen molar-refractivity contribution in [2.45, 2.75) is 45.6 Å². The van der Waals surface area contributed by atoms with Crippen molar-refractivity contribution in [3.05, 3.63) is 59.2 Å². The molecule has 0 fully saturated rings. The zero-order valence-corrected chi connectivity index (χ0v) is 20.7.